The molecule has 0 aliphatic heterocycles. The van der Waals surface area contributed by atoms with E-state index in [9.17, 15) is 14.4 Å². The molecule has 0 aromatic carbocycles. The first-order chi connectivity index (χ1) is 8.96. The maximum Gasteiger partial charge on any atom is 0.355 e. The van der Waals surface area contributed by atoms with Gasteiger partial charge in [-0.1, -0.05) is 11.6 Å². The van der Waals surface area contributed by atoms with E-state index < -0.39 is 17.9 Å². The highest BCUT2D eigenvalue weighted by molar-refractivity contribution is 6.31. The van der Waals surface area contributed by atoms with Crippen LogP contribution in [0, 0.1) is 0 Å². The fourth-order valence-electron chi connectivity index (χ4n) is 1.47. The number of H-pyrrole nitrogens is 1. The van der Waals surface area contributed by atoms with Crippen molar-refractivity contribution in [3.8, 4) is 0 Å². The van der Waals surface area contributed by atoms with Crippen LogP contribution >= 0.6 is 11.6 Å². The van der Waals surface area contributed by atoms with Gasteiger partial charge >= 0.3 is 17.9 Å². The molecule has 7 nitrogen and oxygen atoms in total. The number of halogens is 1. The first-order valence-corrected chi connectivity index (χ1v) is 5.47. The number of esters is 3. The third-order valence-electron chi connectivity index (χ3n) is 2.38. The average molecular weight is 290 g/mol. The number of aromatic amines is 1. The van der Waals surface area contributed by atoms with Gasteiger partial charge in [0.1, 0.15) is 10.8 Å². The Balaban J connectivity index is 3.36. The second-order valence-electron chi connectivity index (χ2n) is 3.40. The largest absolute Gasteiger partial charge is 0.469 e. The van der Waals surface area contributed by atoms with Crippen molar-refractivity contribution in [3.63, 3.8) is 0 Å². The van der Waals surface area contributed by atoms with Crippen LogP contribution in [-0.2, 0) is 25.4 Å². The van der Waals surface area contributed by atoms with Crippen molar-refractivity contribution in [3.05, 3.63) is 22.0 Å². The molecule has 0 bridgehead atoms. The van der Waals surface area contributed by atoms with Crippen molar-refractivity contribution in [2.24, 2.45) is 0 Å². The van der Waals surface area contributed by atoms with Gasteiger partial charge in [0, 0.05) is 5.56 Å². The van der Waals surface area contributed by atoms with E-state index in [0.717, 1.165) is 14.2 Å². The van der Waals surface area contributed by atoms with Gasteiger partial charge in [0.15, 0.2) is 0 Å². The minimum absolute atomic E-state index is 0.0220. The molecule has 0 unspecified atom stereocenters. The average Bonchev–Trinajstić information content (AvgIpc) is 2.74. The number of methoxy groups -OCH3 is 3. The number of hydrogen-bond acceptors (Lipinski definition) is 6. The molecule has 0 saturated heterocycles. The van der Waals surface area contributed by atoms with Crippen LogP contribution in [0.25, 0.3) is 0 Å². The van der Waals surface area contributed by atoms with Crippen LogP contribution in [0.5, 0.6) is 0 Å². The summed E-state index contributed by atoms with van der Waals surface area (Å²) in [6.45, 7) is 0. The molecule has 1 aromatic heterocycles. The smallest absolute Gasteiger partial charge is 0.355 e. The highest BCUT2D eigenvalue weighted by atomic mass is 35.5. The van der Waals surface area contributed by atoms with Gasteiger partial charge < -0.3 is 19.2 Å². The van der Waals surface area contributed by atoms with Crippen LogP contribution in [0.4, 0.5) is 0 Å². The Bertz CT molecular complexity index is 522. The summed E-state index contributed by atoms with van der Waals surface area (Å²) in [6.07, 6.45) is -0.271. The molecule has 19 heavy (non-hydrogen) atoms. The summed E-state index contributed by atoms with van der Waals surface area (Å²) in [5, 5.41) is -0.0220. The monoisotopic (exact) mass is 289 g/mol. The number of carbonyl (C=O) groups is 3. The van der Waals surface area contributed by atoms with E-state index in [2.05, 4.69) is 19.2 Å². The lowest BCUT2D eigenvalue weighted by atomic mass is 10.1. The molecule has 0 radical (unpaired) electrons. The van der Waals surface area contributed by atoms with Crippen molar-refractivity contribution >= 4 is 29.5 Å². The minimum Gasteiger partial charge on any atom is -0.469 e. The molecular weight excluding hydrogens is 278 g/mol. The van der Waals surface area contributed by atoms with E-state index >= 15 is 0 Å². The van der Waals surface area contributed by atoms with Gasteiger partial charge in [-0.05, 0) is 0 Å². The third kappa shape index (κ3) is 3.05. The predicted octanol–water partition coefficient (Wildman–Crippen LogP) is 0.957. The molecule has 0 aliphatic carbocycles. The molecule has 1 rings (SSSR count). The molecular formula is C11H12ClNO6. The minimum atomic E-state index is -0.803. The number of carbonyl (C=O) groups excluding carboxylic acids is 3. The first-order valence-electron chi connectivity index (χ1n) is 5.10. The van der Waals surface area contributed by atoms with E-state index in [0.29, 0.717) is 0 Å². The Morgan fingerprint density at radius 1 is 1.05 bits per heavy atom. The van der Waals surface area contributed by atoms with Crippen LogP contribution in [0.3, 0.4) is 0 Å². The number of ether oxygens (including phenoxy) is 3. The standard InChI is InChI=1S/C11H12ClNO6/c1-17-6(14)4-5-7(10(15)18-2)8(11(16)19-3)13-9(5)12/h13H,4H2,1-3H3. The van der Waals surface area contributed by atoms with Crippen LogP contribution in [0.2, 0.25) is 5.15 Å². The zero-order valence-electron chi connectivity index (χ0n) is 10.5. The van der Waals surface area contributed by atoms with Gasteiger partial charge in [0.2, 0.25) is 0 Å². The van der Waals surface area contributed by atoms with Gasteiger partial charge in [-0.3, -0.25) is 4.79 Å². The third-order valence-corrected chi connectivity index (χ3v) is 2.70. The summed E-state index contributed by atoms with van der Waals surface area (Å²) in [6, 6.07) is 0. The molecule has 0 fully saturated rings. The zero-order chi connectivity index (χ0) is 14.6. The molecule has 0 atom stereocenters. The molecule has 1 N–H and O–H groups in total. The van der Waals surface area contributed by atoms with Crippen molar-refractivity contribution in [2.45, 2.75) is 6.42 Å². The first kappa shape index (κ1) is 15.0. The van der Waals surface area contributed by atoms with Gasteiger partial charge in [0.25, 0.3) is 0 Å². The SMILES string of the molecule is COC(=O)Cc1c(Cl)[nH]c(C(=O)OC)c1C(=O)OC. The summed E-state index contributed by atoms with van der Waals surface area (Å²) in [4.78, 5) is 37.0. The summed E-state index contributed by atoms with van der Waals surface area (Å²) < 4.78 is 13.6. The van der Waals surface area contributed by atoms with Crippen molar-refractivity contribution in [1.29, 1.82) is 0 Å². The Hall–Kier alpha value is -2.02. The predicted molar refractivity (Wildman–Crippen MR) is 64.2 cm³/mol. The van der Waals surface area contributed by atoms with Gasteiger partial charge in [-0.15, -0.1) is 0 Å². The summed E-state index contributed by atoms with van der Waals surface area (Å²) in [7, 11) is 3.49. The van der Waals surface area contributed by atoms with Crippen molar-refractivity contribution in [2.75, 3.05) is 21.3 Å². The molecule has 1 heterocycles. The highest BCUT2D eigenvalue weighted by Gasteiger charge is 2.29. The lowest BCUT2D eigenvalue weighted by Gasteiger charge is -2.04. The van der Waals surface area contributed by atoms with E-state index in [1.807, 2.05) is 0 Å². The number of aromatic nitrogens is 1. The van der Waals surface area contributed by atoms with Crippen LogP contribution in [0.1, 0.15) is 26.4 Å². The lowest BCUT2D eigenvalue weighted by molar-refractivity contribution is -0.139. The maximum atomic E-state index is 11.7. The van der Waals surface area contributed by atoms with Crippen molar-refractivity contribution in [1.82, 2.24) is 4.98 Å². The molecule has 1 aromatic rings. The molecule has 0 spiro atoms. The summed E-state index contributed by atoms with van der Waals surface area (Å²) >= 11 is 5.87. The van der Waals surface area contributed by atoms with Crippen LogP contribution < -0.4 is 0 Å². The molecule has 104 valence electrons. The topological polar surface area (TPSA) is 94.7 Å². The van der Waals surface area contributed by atoms with E-state index in [1.54, 1.807) is 0 Å². The summed E-state index contributed by atoms with van der Waals surface area (Å²) in [5.41, 5.74) is -0.177. The molecule has 0 aliphatic rings. The van der Waals surface area contributed by atoms with E-state index in [1.165, 1.54) is 7.11 Å². The fourth-order valence-corrected chi connectivity index (χ4v) is 1.73. The lowest BCUT2D eigenvalue weighted by Crippen LogP contribution is -2.14. The quantitative estimate of drug-likeness (QED) is 0.655. The highest BCUT2D eigenvalue weighted by Crippen LogP contribution is 2.25. The van der Waals surface area contributed by atoms with Gasteiger partial charge in [-0.25, -0.2) is 9.59 Å². The van der Waals surface area contributed by atoms with E-state index in [4.69, 9.17) is 11.6 Å². The van der Waals surface area contributed by atoms with E-state index in [-0.39, 0.29) is 28.4 Å². The zero-order valence-corrected chi connectivity index (χ0v) is 11.3. The van der Waals surface area contributed by atoms with Gasteiger partial charge in [0.05, 0.1) is 33.3 Å². The maximum absolute atomic E-state index is 11.7. The van der Waals surface area contributed by atoms with Crippen LogP contribution in [0.15, 0.2) is 0 Å². The molecule has 0 saturated carbocycles. The van der Waals surface area contributed by atoms with Crippen molar-refractivity contribution < 1.29 is 28.6 Å². The Labute approximate surface area is 113 Å². The molecule has 0 amide bonds. The number of nitrogens with one attached hydrogen (secondary N) is 1. The number of rotatable bonds is 4. The number of hydrogen-bond donors (Lipinski definition) is 1. The Morgan fingerprint density at radius 2 is 1.63 bits per heavy atom. The Kier molecular flexibility index (Phi) is 4.94. The second-order valence-corrected chi connectivity index (χ2v) is 3.78. The molecule has 8 heteroatoms. The van der Waals surface area contributed by atoms with Gasteiger partial charge in [-0.2, -0.15) is 0 Å². The van der Waals surface area contributed by atoms with Crippen LogP contribution in [-0.4, -0.2) is 44.2 Å². The normalized spacial score (nSPS) is 9.89. The fraction of sp³-hybridized carbons (Fsp3) is 0.364. The summed E-state index contributed by atoms with van der Waals surface area (Å²) in [5.74, 6) is -2.21. The Morgan fingerprint density at radius 3 is 2.11 bits per heavy atom. The second kappa shape index (κ2) is 6.24.